The van der Waals surface area contributed by atoms with Crippen molar-refractivity contribution in [1.82, 2.24) is 0 Å². The summed E-state index contributed by atoms with van der Waals surface area (Å²) in [5.41, 5.74) is -0.850. The molecule has 0 amide bonds. The molecule has 2 rings (SSSR count). The first-order chi connectivity index (χ1) is 14.8. The fraction of sp³-hybridized carbons (Fsp3) is 0.522. The zero-order valence-electron chi connectivity index (χ0n) is 17.5. The Labute approximate surface area is 183 Å². The maximum absolute atomic E-state index is 14.5. The van der Waals surface area contributed by atoms with E-state index in [4.69, 9.17) is 9.26 Å². The van der Waals surface area contributed by atoms with Crippen LogP contribution in [0.5, 0.6) is 5.75 Å². The number of alkyl halides is 4. The average Bonchev–Trinajstić information content (AvgIpc) is 3.04. The number of hydrogen-bond donors (Lipinski definition) is 0. The van der Waals surface area contributed by atoms with Gasteiger partial charge < -0.3 is 9.26 Å². The lowest BCUT2D eigenvalue weighted by atomic mass is 9.90. The summed E-state index contributed by atoms with van der Waals surface area (Å²) in [6, 6.07) is 4.33. The molecule has 0 aromatic heterocycles. The molecule has 0 aliphatic heterocycles. The van der Waals surface area contributed by atoms with Gasteiger partial charge in [-0.05, 0) is 43.0 Å². The molecule has 0 bridgehead atoms. The zero-order valence-corrected chi connectivity index (χ0v) is 18.6. The summed E-state index contributed by atoms with van der Waals surface area (Å²) < 4.78 is 63.4. The summed E-state index contributed by atoms with van der Waals surface area (Å²) in [5, 5.41) is 0. The van der Waals surface area contributed by atoms with Crippen molar-refractivity contribution in [3.05, 3.63) is 54.1 Å². The first-order valence-corrected chi connectivity index (χ1v) is 10.9. The van der Waals surface area contributed by atoms with Crippen molar-refractivity contribution in [3.63, 3.8) is 0 Å². The quantitative estimate of drug-likeness (QED) is 0.124. The normalized spacial score (nSPS) is 24.3. The fourth-order valence-corrected chi connectivity index (χ4v) is 3.99. The molecular formula is C23H29F4O3P. The first-order valence-electron chi connectivity index (χ1n) is 10.4. The van der Waals surface area contributed by atoms with Crippen molar-refractivity contribution in [2.24, 2.45) is 11.8 Å². The molecule has 3 nitrogen and oxygen atoms in total. The van der Waals surface area contributed by atoms with Gasteiger partial charge in [-0.3, -0.25) is 4.79 Å². The number of halogens is 4. The Morgan fingerprint density at radius 2 is 2.06 bits per heavy atom. The maximum Gasteiger partial charge on any atom is 0.416 e. The summed E-state index contributed by atoms with van der Waals surface area (Å²) in [4.78, 5) is 12.1. The van der Waals surface area contributed by atoms with E-state index < -0.39 is 36.2 Å². The molecule has 1 aliphatic carbocycles. The van der Waals surface area contributed by atoms with E-state index in [1.54, 1.807) is 0 Å². The van der Waals surface area contributed by atoms with Gasteiger partial charge in [-0.2, -0.15) is 13.2 Å². The van der Waals surface area contributed by atoms with Crippen molar-refractivity contribution < 1.29 is 31.6 Å². The number of carbonyl (C=O) groups excluding carboxylic acids is 1. The lowest BCUT2D eigenvalue weighted by Gasteiger charge is -2.20. The van der Waals surface area contributed by atoms with Crippen molar-refractivity contribution >= 4 is 15.2 Å². The summed E-state index contributed by atoms with van der Waals surface area (Å²) in [5.74, 6) is -1.07. The molecule has 0 heterocycles. The molecule has 1 aromatic carbocycles. The number of ether oxygens (including phenoxy) is 1. The molecule has 5 unspecified atom stereocenters. The van der Waals surface area contributed by atoms with Gasteiger partial charge in [0.25, 0.3) is 0 Å². The van der Waals surface area contributed by atoms with Crippen molar-refractivity contribution in [1.29, 1.82) is 0 Å². The van der Waals surface area contributed by atoms with E-state index >= 15 is 0 Å². The molecule has 172 valence electrons. The predicted octanol–water partition coefficient (Wildman–Crippen LogP) is 6.50. The Morgan fingerprint density at radius 3 is 2.74 bits per heavy atom. The Bertz CT molecular complexity index is 763. The minimum atomic E-state index is -4.49. The number of rotatable bonds is 11. The van der Waals surface area contributed by atoms with Crippen molar-refractivity contribution in [2.45, 2.75) is 57.5 Å². The van der Waals surface area contributed by atoms with Gasteiger partial charge in [0.15, 0.2) is 12.4 Å². The van der Waals surface area contributed by atoms with Crippen LogP contribution in [-0.4, -0.2) is 24.7 Å². The summed E-state index contributed by atoms with van der Waals surface area (Å²) in [6.07, 6.45) is 5.11. The average molecular weight is 460 g/mol. The molecule has 1 fully saturated rings. The van der Waals surface area contributed by atoms with Crippen LogP contribution in [-0.2, 0) is 15.5 Å². The van der Waals surface area contributed by atoms with Crippen LogP contribution in [0, 0.1) is 11.8 Å². The van der Waals surface area contributed by atoms with Crippen LogP contribution in [0.1, 0.15) is 44.6 Å². The molecule has 5 atom stereocenters. The molecule has 0 N–H and O–H groups in total. The molecule has 31 heavy (non-hydrogen) atoms. The highest BCUT2D eigenvalue weighted by molar-refractivity contribution is 7.09. The van der Waals surface area contributed by atoms with Crippen LogP contribution in [0.25, 0.3) is 0 Å². The highest BCUT2D eigenvalue weighted by atomic mass is 31.0. The minimum Gasteiger partial charge on any atom is -0.485 e. The van der Waals surface area contributed by atoms with Crippen LogP contribution in [0.4, 0.5) is 17.6 Å². The van der Waals surface area contributed by atoms with E-state index in [1.165, 1.54) is 24.3 Å². The smallest absolute Gasteiger partial charge is 0.416 e. The minimum absolute atomic E-state index is 0.0487. The van der Waals surface area contributed by atoms with E-state index in [0.717, 1.165) is 31.4 Å². The number of unbranched alkanes of at least 4 members (excludes halogenated alkanes) is 2. The summed E-state index contributed by atoms with van der Waals surface area (Å²) in [7, 11) is 2.19. The van der Waals surface area contributed by atoms with Gasteiger partial charge in [0.05, 0.1) is 11.7 Å². The number of allylic oxidation sites excluding steroid dienone is 3. The molecule has 1 aromatic rings. The SMILES string of the molecule is CCCC/C=C/CC1C(OP)CC(F)C1/C=C/C(=O)COc1cccc(C(F)(F)F)c1. The van der Waals surface area contributed by atoms with Crippen LogP contribution >= 0.6 is 9.47 Å². The second-order valence-electron chi connectivity index (χ2n) is 7.66. The maximum atomic E-state index is 14.5. The second kappa shape index (κ2) is 12.4. The molecule has 1 aliphatic rings. The van der Waals surface area contributed by atoms with Gasteiger partial charge in [0, 0.05) is 21.8 Å². The number of benzene rings is 1. The predicted molar refractivity (Wildman–Crippen MR) is 115 cm³/mol. The molecular weight excluding hydrogens is 431 g/mol. The molecule has 0 radical (unpaired) electrons. The van der Waals surface area contributed by atoms with Crippen LogP contribution < -0.4 is 4.74 Å². The van der Waals surface area contributed by atoms with Gasteiger partial charge >= 0.3 is 6.18 Å². The lowest BCUT2D eigenvalue weighted by molar-refractivity contribution is -0.137. The Morgan fingerprint density at radius 1 is 1.29 bits per heavy atom. The Balaban J connectivity index is 1.95. The lowest BCUT2D eigenvalue weighted by Crippen LogP contribution is -2.20. The van der Waals surface area contributed by atoms with Gasteiger partial charge in [0.2, 0.25) is 0 Å². The Hall–Kier alpha value is -1.72. The van der Waals surface area contributed by atoms with E-state index in [2.05, 4.69) is 22.5 Å². The van der Waals surface area contributed by atoms with E-state index in [9.17, 15) is 22.4 Å². The third-order valence-corrected chi connectivity index (χ3v) is 5.72. The molecule has 1 saturated carbocycles. The van der Waals surface area contributed by atoms with Crippen molar-refractivity contribution in [3.8, 4) is 5.75 Å². The summed E-state index contributed by atoms with van der Waals surface area (Å²) in [6.45, 7) is 1.69. The van der Waals surface area contributed by atoms with Gasteiger partial charge in [-0.1, -0.05) is 44.1 Å². The van der Waals surface area contributed by atoms with E-state index in [0.29, 0.717) is 6.42 Å². The topological polar surface area (TPSA) is 35.5 Å². The summed E-state index contributed by atoms with van der Waals surface area (Å²) >= 11 is 0. The third-order valence-electron chi connectivity index (χ3n) is 5.37. The monoisotopic (exact) mass is 460 g/mol. The zero-order chi connectivity index (χ0) is 22.9. The standard InChI is InChI=1S/C23H29F4O3P/c1-2-3-4-5-6-10-20-19(21(24)14-22(20)30-31)12-11-17(28)15-29-18-9-7-8-16(13-18)23(25,26)27/h5-9,11-13,19-22H,2-4,10,14-15,31H2,1H3/b6-5+,12-11+. The van der Waals surface area contributed by atoms with E-state index in [1.807, 2.05) is 6.08 Å². The highest BCUT2D eigenvalue weighted by Gasteiger charge is 2.42. The fourth-order valence-electron chi connectivity index (χ4n) is 3.68. The highest BCUT2D eigenvalue weighted by Crippen LogP contribution is 2.40. The van der Waals surface area contributed by atoms with Crippen molar-refractivity contribution in [2.75, 3.05) is 6.61 Å². The number of carbonyl (C=O) groups is 1. The van der Waals surface area contributed by atoms with Crippen LogP contribution in [0.3, 0.4) is 0 Å². The number of ketones is 1. The van der Waals surface area contributed by atoms with Gasteiger partial charge in [-0.15, -0.1) is 0 Å². The molecule has 8 heteroatoms. The Kier molecular flexibility index (Phi) is 10.2. The first kappa shape index (κ1) is 25.5. The molecule has 0 spiro atoms. The van der Waals surface area contributed by atoms with E-state index in [-0.39, 0.29) is 24.2 Å². The second-order valence-corrected chi connectivity index (χ2v) is 7.93. The molecule has 0 saturated heterocycles. The third kappa shape index (κ3) is 8.04. The largest absolute Gasteiger partial charge is 0.485 e. The van der Waals surface area contributed by atoms with Gasteiger partial charge in [0.1, 0.15) is 11.9 Å². The van der Waals surface area contributed by atoms with Gasteiger partial charge in [-0.25, -0.2) is 4.39 Å². The van der Waals surface area contributed by atoms with Crippen LogP contribution in [0.15, 0.2) is 48.6 Å². The van der Waals surface area contributed by atoms with Crippen LogP contribution in [0.2, 0.25) is 0 Å². The number of hydrogen-bond acceptors (Lipinski definition) is 3.